The molecule has 0 saturated heterocycles. The van der Waals surface area contributed by atoms with Crippen LogP contribution in [-0.4, -0.2) is 47.6 Å². The Morgan fingerprint density at radius 3 is 2.29 bits per heavy atom. The highest BCUT2D eigenvalue weighted by molar-refractivity contribution is 5.80. The fraction of sp³-hybridized carbons (Fsp3) is 0.882. The number of quaternary nitrogens is 1. The second-order valence-electron chi connectivity index (χ2n) is 6.26. The maximum absolute atomic E-state index is 11.1. The predicted molar refractivity (Wildman–Crippen MR) is 87.7 cm³/mol. The van der Waals surface area contributed by atoms with Crippen LogP contribution in [0.15, 0.2) is 4.99 Å². The van der Waals surface area contributed by atoms with Crippen molar-refractivity contribution in [3.05, 3.63) is 0 Å². The number of carboxylic acids is 1. The minimum Gasteiger partial charge on any atom is -0.477 e. The fourth-order valence-corrected chi connectivity index (χ4v) is 3.26. The van der Waals surface area contributed by atoms with E-state index in [1.54, 1.807) is 0 Å². The zero-order valence-corrected chi connectivity index (χ0v) is 13.9. The van der Waals surface area contributed by atoms with Crippen LogP contribution in [0.25, 0.3) is 0 Å². The molecule has 0 aliphatic carbocycles. The summed E-state index contributed by atoms with van der Waals surface area (Å²) in [5.41, 5.74) is 0. The Kier molecular flexibility index (Phi) is 8.58. The van der Waals surface area contributed by atoms with Crippen molar-refractivity contribution < 1.29 is 14.4 Å². The first kappa shape index (κ1) is 18.1. The molecule has 1 atom stereocenters. The minimum atomic E-state index is -0.706. The molecule has 0 aromatic heterocycles. The van der Waals surface area contributed by atoms with Crippen molar-refractivity contribution in [3.8, 4) is 0 Å². The Labute approximate surface area is 129 Å². The number of unbranched alkanes of at least 4 members (excludes halogenated alkanes) is 7. The average molecular weight is 297 g/mol. The van der Waals surface area contributed by atoms with Gasteiger partial charge in [0.05, 0.1) is 13.1 Å². The molecule has 1 aliphatic rings. The first-order chi connectivity index (χ1) is 10.1. The number of likely N-dealkylation sites (N-methyl/N-ethyl adjacent to an activating group) is 1. The molecule has 0 saturated carbocycles. The van der Waals surface area contributed by atoms with Crippen molar-refractivity contribution in [2.24, 2.45) is 4.99 Å². The standard InChI is InChI=1S/C17H32N2O2/c1-3-5-6-7-8-9-10-11-12-16-18-13-14-19(16,4-2)15-17(20)21/h3-15H2,1-2H3/p+1. The third kappa shape index (κ3) is 6.16. The van der Waals surface area contributed by atoms with E-state index in [9.17, 15) is 4.79 Å². The minimum absolute atomic E-state index is 0.201. The quantitative estimate of drug-likeness (QED) is 0.439. The number of amidine groups is 1. The molecule has 1 unspecified atom stereocenters. The monoisotopic (exact) mass is 297 g/mol. The lowest BCUT2D eigenvalue weighted by Crippen LogP contribution is -2.53. The summed E-state index contributed by atoms with van der Waals surface area (Å²) in [7, 11) is 0. The molecule has 122 valence electrons. The highest BCUT2D eigenvalue weighted by atomic mass is 16.4. The van der Waals surface area contributed by atoms with Gasteiger partial charge in [0.15, 0.2) is 12.4 Å². The Hall–Kier alpha value is -0.900. The Bertz CT molecular complexity index is 342. The van der Waals surface area contributed by atoms with E-state index in [0.717, 1.165) is 38.3 Å². The lowest BCUT2D eigenvalue weighted by Gasteiger charge is -2.31. The lowest BCUT2D eigenvalue weighted by atomic mass is 10.1. The molecule has 0 amide bonds. The van der Waals surface area contributed by atoms with Gasteiger partial charge in [0.25, 0.3) is 0 Å². The molecular weight excluding hydrogens is 264 g/mol. The summed E-state index contributed by atoms with van der Waals surface area (Å²) in [6.07, 6.45) is 11.4. The van der Waals surface area contributed by atoms with E-state index in [1.165, 1.54) is 44.9 Å². The number of aliphatic carboxylic acids is 1. The first-order valence-electron chi connectivity index (χ1n) is 8.76. The van der Waals surface area contributed by atoms with E-state index in [2.05, 4.69) is 18.8 Å². The van der Waals surface area contributed by atoms with E-state index >= 15 is 0 Å². The number of hydrogen-bond acceptors (Lipinski definition) is 2. The molecule has 0 radical (unpaired) electrons. The van der Waals surface area contributed by atoms with Crippen molar-refractivity contribution in [3.63, 3.8) is 0 Å². The van der Waals surface area contributed by atoms with Gasteiger partial charge in [-0.15, -0.1) is 0 Å². The lowest BCUT2D eigenvalue weighted by molar-refractivity contribution is -0.826. The molecule has 0 fully saturated rings. The molecule has 4 heteroatoms. The van der Waals surface area contributed by atoms with E-state index in [0.29, 0.717) is 4.48 Å². The van der Waals surface area contributed by atoms with E-state index in [1.807, 2.05) is 0 Å². The van der Waals surface area contributed by atoms with Gasteiger partial charge in [0.2, 0.25) is 0 Å². The smallest absolute Gasteiger partial charge is 0.359 e. The number of rotatable bonds is 12. The summed E-state index contributed by atoms with van der Waals surface area (Å²) in [5, 5.41) is 9.13. The molecule has 0 spiro atoms. The molecule has 1 aliphatic heterocycles. The summed E-state index contributed by atoms with van der Waals surface area (Å²) >= 11 is 0. The van der Waals surface area contributed by atoms with Crippen LogP contribution in [0.1, 0.15) is 71.6 Å². The van der Waals surface area contributed by atoms with Gasteiger partial charge in [-0.25, -0.2) is 9.79 Å². The normalized spacial score (nSPS) is 21.5. The zero-order chi connectivity index (χ0) is 15.6. The van der Waals surface area contributed by atoms with Crippen LogP contribution in [0.3, 0.4) is 0 Å². The van der Waals surface area contributed by atoms with Crippen LogP contribution < -0.4 is 0 Å². The van der Waals surface area contributed by atoms with Gasteiger partial charge in [0.1, 0.15) is 6.54 Å². The largest absolute Gasteiger partial charge is 0.477 e. The summed E-state index contributed by atoms with van der Waals surface area (Å²) < 4.78 is 0.589. The van der Waals surface area contributed by atoms with Crippen LogP contribution in [0, 0.1) is 0 Å². The topological polar surface area (TPSA) is 49.7 Å². The van der Waals surface area contributed by atoms with Crippen LogP contribution in [-0.2, 0) is 4.79 Å². The SMILES string of the molecule is CCCCCCCCCCC1=NCC[N+]1(CC)CC(=O)O. The maximum Gasteiger partial charge on any atom is 0.359 e. The molecule has 4 nitrogen and oxygen atoms in total. The number of aliphatic imine (C=N–C) groups is 1. The Morgan fingerprint density at radius 2 is 1.71 bits per heavy atom. The molecular formula is C17H33N2O2+. The molecule has 1 N–H and O–H groups in total. The van der Waals surface area contributed by atoms with Gasteiger partial charge in [-0.05, 0) is 13.3 Å². The maximum atomic E-state index is 11.1. The van der Waals surface area contributed by atoms with Crippen molar-refractivity contribution in [2.45, 2.75) is 71.6 Å². The van der Waals surface area contributed by atoms with Crippen molar-refractivity contribution in [1.29, 1.82) is 0 Å². The predicted octanol–water partition coefficient (Wildman–Crippen LogP) is 3.85. The van der Waals surface area contributed by atoms with E-state index in [4.69, 9.17) is 5.11 Å². The molecule has 0 bridgehead atoms. The third-order valence-corrected chi connectivity index (χ3v) is 4.67. The number of carboxylic acid groups (broad SMARTS) is 1. The second-order valence-corrected chi connectivity index (χ2v) is 6.26. The van der Waals surface area contributed by atoms with E-state index in [-0.39, 0.29) is 6.54 Å². The van der Waals surface area contributed by atoms with Crippen LogP contribution in [0.4, 0.5) is 0 Å². The van der Waals surface area contributed by atoms with Crippen LogP contribution in [0.5, 0.6) is 0 Å². The summed E-state index contributed by atoms with van der Waals surface area (Å²) in [6.45, 7) is 7.05. The van der Waals surface area contributed by atoms with Gasteiger partial charge >= 0.3 is 5.97 Å². The number of nitrogens with zero attached hydrogens (tertiary/aromatic N) is 2. The number of hydrogen-bond donors (Lipinski definition) is 1. The van der Waals surface area contributed by atoms with Crippen molar-refractivity contribution in [1.82, 2.24) is 0 Å². The Balaban J connectivity index is 2.22. The van der Waals surface area contributed by atoms with E-state index < -0.39 is 5.97 Å². The van der Waals surface area contributed by atoms with Crippen LogP contribution >= 0.6 is 0 Å². The van der Waals surface area contributed by atoms with Gasteiger partial charge in [0, 0.05) is 6.42 Å². The summed E-state index contributed by atoms with van der Waals surface area (Å²) in [4.78, 5) is 15.7. The third-order valence-electron chi connectivity index (χ3n) is 4.67. The molecule has 1 heterocycles. The highest BCUT2D eigenvalue weighted by Crippen LogP contribution is 2.20. The van der Waals surface area contributed by atoms with Gasteiger partial charge in [-0.3, -0.25) is 4.48 Å². The molecule has 0 aromatic rings. The summed E-state index contributed by atoms with van der Waals surface area (Å²) in [6, 6.07) is 0. The van der Waals surface area contributed by atoms with Crippen LogP contribution in [0.2, 0.25) is 0 Å². The van der Waals surface area contributed by atoms with Crippen molar-refractivity contribution >= 4 is 11.8 Å². The first-order valence-corrected chi connectivity index (χ1v) is 8.76. The zero-order valence-electron chi connectivity index (χ0n) is 13.9. The second kappa shape index (κ2) is 9.93. The van der Waals surface area contributed by atoms with Gasteiger partial charge < -0.3 is 5.11 Å². The molecule has 21 heavy (non-hydrogen) atoms. The summed E-state index contributed by atoms with van der Waals surface area (Å²) in [5.74, 6) is 0.424. The number of carbonyl (C=O) groups is 1. The Morgan fingerprint density at radius 1 is 1.10 bits per heavy atom. The van der Waals surface area contributed by atoms with Gasteiger partial charge in [-0.1, -0.05) is 51.9 Å². The molecule has 1 rings (SSSR count). The van der Waals surface area contributed by atoms with Gasteiger partial charge in [-0.2, -0.15) is 0 Å². The average Bonchev–Trinajstić information content (AvgIpc) is 2.84. The molecule has 0 aromatic carbocycles. The van der Waals surface area contributed by atoms with Crippen molar-refractivity contribution in [2.75, 3.05) is 26.2 Å². The fourth-order valence-electron chi connectivity index (χ4n) is 3.26. The highest BCUT2D eigenvalue weighted by Gasteiger charge is 2.38.